The first-order chi connectivity index (χ1) is 7.15. The molecule has 0 aromatic carbocycles. The molecule has 0 saturated heterocycles. The monoisotopic (exact) mass is 254 g/mol. The molecule has 0 fully saturated rings. The summed E-state index contributed by atoms with van der Waals surface area (Å²) in [6, 6.07) is -1.23. The molecule has 0 aromatic heterocycles. The van der Waals surface area contributed by atoms with Crippen LogP contribution in [0.15, 0.2) is 0 Å². The fourth-order valence-corrected chi connectivity index (χ4v) is 2.50. The molecule has 0 aromatic rings. The summed E-state index contributed by atoms with van der Waals surface area (Å²) in [5.74, 6) is 0. The van der Waals surface area contributed by atoms with Gasteiger partial charge in [-0.25, -0.2) is 0 Å². The Morgan fingerprint density at radius 1 is 0.875 bits per heavy atom. The SMILES string of the molecule is CC(C)OC(OC(C)C)P(=O)(O)OC(C)C. The van der Waals surface area contributed by atoms with Crippen molar-refractivity contribution >= 4 is 7.60 Å². The van der Waals surface area contributed by atoms with Crippen molar-refractivity contribution in [3.63, 3.8) is 0 Å². The zero-order chi connectivity index (χ0) is 12.9. The molecule has 0 heterocycles. The summed E-state index contributed by atoms with van der Waals surface area (Å²) < 4.78 is 27.4. The van der Waals surface area contributed by atoms with E-state index in [-0.39, 0.29) is 18.3 Å². The van der Waals surface area contributed by atoms with Crippen LogP contribution in [0.25, 0.3) is 0 Å². The Morgan fingerprint density at radius 2 is 1.25 bits per heavy atom. The van der Waals surface area contributed by atoms with Crippen molar-refractivity contribution in [3.05, 3.63) is 0 Å². The second-order valence-corrected chi connectivity index (χ2v) is 6.16. The minimum atomic E-state index is -3.91. The number of ether oxygens (including phenoxy) is 2. The van der Waals surface area contributed by atoms with Crippen LogP contribution in [-0.4, -0.2) is 29.2 Å². The number of rotatable bonds is 7. The molecular weight excluding hydrogens is 231 g/mol. The normalized spacial score (nSPS) is 16.4. The van der Waals surface area contributed by atoms with Gasteiger partial charge in [0.05, 0.1) is 18.3 Å². The van der Waals surface area contributed by atoms with Crippen molar-refractivity contribution in [1.29, 1.82) is 0 Å². The van der Waals surface area contributed by atoms with Gasteiger partial charge in [0, 0.05) is 0 Å². The molecule has 1 unspecified atom stereocenters. The van der Waals surface area contributed by atoms with Crippen molar-refractivity contribution < 1.29 is 23.5 Å². The smallest absolute Gasteiger partial charge is 0.340 e. The molecule has 5 nitrogen and oxygen atoms in total. The van der Waals surface area contributed by atoms with E-state index in [2.05, 4.69) is 0 Å². The molecule has 0 saturated carbocycles. The minimum absolute atomic E-state index is 0.208. The van der Waals surface area contributed by atoms with Crippen LogP contribution < -0.4 is 0 Å². The maximum absolute atomic E-state index is 11.9. The zero-order valence-corrected chi connectivity index (χ0v) is 11.7. The number of hydrogen-bond donors (Lipinski definition) is 1. The minimum Gasteiger partial charge on any atom is -0.340 e. The second kappa shape index (κ2) is 6.72. The third-order valence-electron chi connectivity index (χ3n) is 1.41. The molecule has 0 aliphatic rings. The summed E-state index contributed by atoms with van der Waals surface area (Å²) in [4.78, 5) is 9.73. The van der Waals surface area contributed by atoms with Gasteiger partial charge in [0.1, 0.15) is 0 Å². The summed E-state index contributed by atoms with van der Waals surface area (Å²) in [6.07, 6.45) is -0.773. The molecule has 98 valence electrons. The quantitative estimate of drug-likeness (QED) is 0.559. The van der Waals surface area contributed by atoms with Gasteiger partial charge in [0.25, 0.3) is 6.03 Å². The van der Waals surface area contributed by atoms with Gasteiger partial charge in [-0.2, -0.15) is 0 Å². The van der Waals surface area contributed by atoms with Gasteiger partial charge < -0.3 is 18.9 Å². The van der Waals surface area contributed by atoms with Gasteiger partial charge in [-0.3, -0.25) is 4.57 Å². The van der Waals surface area contributed by atoms with E-state index in [0.717, 1.165) is 0 Å². The average molecular weight is 254 g/mol. The highest BCUT2D eigenvalue weighted by molar-refractivity contribution is 7.53. The highest BCUT2D eigenvalue weighted by Gasteiger charge is 2.37. The van der Waals surface area contributed by atoms with Crippen LogP contribution in [0.3, 0.4) is 0 Å². The van der Waals surface area contributed by atoms with E-state index in [1.807, 2.05) is 0 Å². The van der Waals surface area contributed by atoms with E-state index in [1.54, 1.807) is 41.5 Å². The van der Waals surface area contributed by atoms with E-state index < -0.39 is 13.6 Å². The Kier molecular flexibility index (Phi) is 6.75. The van der Waals surface area contributed by atoms with Crippen LogP contribution in [-0.2, 0) is 18.6 Å². The molecule has 1 atom stereocenters. The fourth-order valence-electron chi connectivity index (χ4n) is 1.00. The Balaban J connectivity index is 4.65. The van der Waals surface area contributed by atoms with Crippen molar-refractivity contribution in [2.45, 2.75) is 65.9 Å². The van der Waals surface area contributed by atoms with E-state index in [9.17, 15) is 9.46 Å². The topological polar surface area (TPSA) is 65.0 Å². The highest BCUT2D eigenvalue weighted by Crippen LogP contribution is 2.50. The summed E-state index contributed by atoms with van der Waals surface area (Å²) >= 11 is 0. The van der Waals surface area contributed by atoms with Gasteiger partial charge in [-0.05, 0) is 41.5 Å². The predicted molar refractivity (Wildman–Crippen MR) is 62.3 cm³/mol. The lowest BCUT2D eigenvalue weighted by Crippen LogP contribution is -2.26. The molecule has 0 rings (SSSR count). The van der Waals surface area contributed by atoms with Crippen LogP contribution in [0.2, 0.25) is 0 Å². The molecule has 0 spiro atoms. The molecule has 0 radical (unpaired) electrons. The summed E-state index contributed by atoms with van der Waals surface area (Å²) in [6.45, 7) is 10.5. The molecule has 6 heteroatoms. The van der Waals surface area contributed by atoms with Gasteiger partial charge in [-0.1, -0.05) is 0 Å². The lowest BCUT2D eigenvalue weighted by atomic mass is 10.5. The predicted octanol–water partition coefficient (Wildman–Crippen LogP) is 2.73. The molecule has 0 amide bonds. The Hall–Kier alpha value is 0.0700. The average Bonchev–Trinajstić information content (AvgIpc) is 1.98. The van der Waals surface area contributed by atoms with Crippen molar-refractivity contribution in [2.24, 2.45) is 0 Å². The van der Waals surface area contributed by atoms with Gasteiger partial charge in [-0.15, -0.1) is 0 Å². The molecular formula is C10H23O5P. The lowest BCUT2D eigenvalue weighted by molar-refractivity contribution is -0.145. The molecule has 1 N–H and O–H groups in total. The number of hydrogen-bond acceptors (Lipinski definition) is 4. The summed E-state index contributed by atoms with van der Waals surface area (Å²) in [7, 11) is -3.91. The maximum atomic E-state index is 11.9. The zero-order valence-electron chi connectivity index (χ0n) is 10.8. The maximum Gasteiger partial charge on any atom is 0.384 e. The van der Waals surface area contributed by atoms with Crippen LogP contribution in [0, 0.1) is 0 Å². The van der Waals surface area contributed by atoms with Crippen molar-refractivity contribution in [2.75, 3.05) is 0 Å². The highest BCUT2D eigenvalue weighted by atomic mass is 31.2. The third kappa shape index (κ3) is 6.61. The second-order valence-electron chi connectivity index (χ2n) is 4.40. The van der Waals surface area contributed by atoms with Crippen LogP contribution in [0.5, 0.6) is 0 Å². The molecule has 0 bridgehead atoms. The van der Waals surface area contributed by atoms with E-state index in [0.29, 0.717) is 0 Å². The van der Waals surface area contributed by atoms with Gasteiger partial charge in [0.2, 0.25) is 0 Å². The van der Waals surface area contributed by atoms with Crippen LogP contribution in [0.1, 0.15) is 41.5 Å². The Labute approximate surface area is 97.6 Å². The third-order valence-corrected chi connectivity index (χ3v) is 2.91. The Bertz CT molecular complexity index is 229. The van der Waals surface area contributed by atoms with E-state index in [4.69, 9.17) is 14.0 Å². The van der Waals surface area contributed by atoms with Crippen molar-refractivity contribution in [3.8, 4) is 0 Å². The summed E-state index contributed by atoms with van der Waals surface area (Å²) in [5, 5.41) is 0. The standard InChI is InChI=1S/C10H23O5P/c1-7(2)13-10(14-8(3)4)16(11,12)15-9(5)6/h7-10H,1-6H3,(H,11,12). The fraction of sp³-hybridized carbons (Fsp3) is 1.00. The first-order valence-corrected chi connectivity index (χ1v) is 7.11. The molecule has 16 heavy (non-hydrogen) atoms. The van der Waals surface area contributed by atoms with Crippen LogP contribution >= 0.6 is 7.60 Å². The van der Waals surface area contributed by atoms with E-state index in [1.165, 1.54) is 0 Å². The first kappa shape index (κ1) is 16.1. The van der Waals surface area contributed by atoms with Gasteiger partial charge in [0.15, 0.2) is 0 Å². The van der Waals surface area contributed by atoms with Crippen LogP contribution in [0.4, 0.5) is 0 Å². The summed E-state index contributed by atoms with van der Waals surface area (Å²) in [5.41, 5.74) is 0. The molecule has 0 aliphatic heterocycles. The molecule has 0 aliphatic carbocycles. The first-order valence-electron chi connectivity index (χ1n) is 5.47. The van der Waals surface area contributed by atoms with Gasteiger partial charge >= 0.3 is 7.60 Å². The largest absolute Gasteiger partial charge is 0.384 e. The lowest BCUT2D eigenvalue weighted by Gasteiger charge is -2.27. The van der Waals surface area contributed by atoms with E-state index >= 15 is 0 Å². The Morgan fingerprint density at radius 3 is 1.50 bits per heavy atom. The van der Waals surface area contributed by atoms with Crippen molar-refractivity contribution in [1.82, 2.24) is 0 Å².